The van der Waals surface area contributed by atoms with Crippen molar-refractivity contribution in [2.45, 2.75) is 0 Å². The van der Waals surface area contributed by atoms with Gasteiger partial charge in [-0.3, -0.25) is 9.97 Å². The number of benzene rings is 13. The highest BCUT2D eigenvalue weighted by atomic mass is 15.2. The fraction of sp³-hybridized carbons (Fsp3) is 0. The van der Waals surface area contributed by atoms with E-state index in [0.717, 1.165) is 90.5 Å². The van der Waals surface area contributed by atoms with E-state index >= 15 is 0 Å². The van der Waals surface area contributed by atoms with Crippen LogP contribution >= 0.6 is 0 Å². The van der Waals surface area contributed by atoms with Crippen molar-refractivity contribution in [1.82, 2.24) is 29.9 Å². The lowest BCUT2D eigenvalue weighted by Gasteiger charge is -2.26. The van der Waals surface area contributed by atoms with Gasteiger partial charge in [0, 0.05) is 103 Å². The Hall–Kier alpha value is -12.9. The molecule has 0 bridgehead atoms. The molecule has 0 aliphatic rings. The summed E-state index contributed by atoms with van der Waals surface area (Å²) >= 11 is 0. The topological polar surface area (TPSA) is 90.3 Å². The molecular formula is C84H58N10. The van der Waals surface area contributed by atoms with E-state index in [9.17, 15) is 0 Å². The van der Waals surface area contributed by atoms with Crippen molar-refractivity contribution in [2.75, 3.05) is 19.6 Å². The average molecular weight is 1210 g/mol. The Balaban J connectivity index is 0.912. The molecule has 13 aromatic carbocycles. The number of rotatable bonds is 16. The Morgan fingerprint density at radius 3 is 0.468 bits per heavy atom. The van der Waals surface area contributed by atoms with Gasteiger partial charge in [-0.15, -0.1) is 0 Å². The molecule has 16 aromatic rings. The van der Waals surface area contributed by atoms with Crippen LogP contribution in [0.15, 0.2) is 352 Å². The van der Waals surface area contributed by atoms with Gasteiger partial charge < -0.3 is 19.6 Å². The van der Waals surface area contributed by atoms with E-state index in [-0.39, 0.29) is 0 Å². The van der Waals surface area contributed by atoms with Crippen LogP contribution in [0.25, 0.3) is 78.1 Å². The Labute approximate surface area is 545 Å². The molecule has 0 aliphatic heterocycles. The molecule has 0 aliphatic carbocycles. The lowest BCUT2D eigenvalue weighted by Crippen LogP contribution is -2.10. The van der Waals surface area contributed by atoms with E-state index in [1.807, 2.05) is 48.5 Å². The maximum atomic E-state index is 5.80. The number of nitrogens with zero attached hydrogens (tertiary/aromatic N) is 10. The number of hydrogen-bond acceptors (Lipinski definition) is 10. The van der Waals surface area contributed by atoms with Gasteiger partial charge in [-0.25, -0.2) is 19.9 Å². The van der Waals surface area contributed by atoms with Crippen molar-refractivity contribution >= 4 is 101 Å². The van der Waals surface area contributed by atoms with Crippen LogP contribution in [0.1, 0.15) is 0 Å². The zero-order chi connectivity index (χ0) is 62.6. The fourth-order valence-electron chi connectivity index (χ4n) is 12.5. The van der Waals surface area contributed by atoms with Gasteiger partial charge in [0.25, 0.3) is 0 Å². The molecule has 10 nitrogen and oxygen atoms in total. The molecule has 0 fully saturated rings. The molecule has 94 heavy (non-hydrogen) atoms. The highest BCUT2D eigenvalue weighted by Crippen LogP contribution is 2.44. The van der Waals surface area contributed by atoms with Gasteiger partial charge in [0.1, 0.15) is 33.1 Å². The van der Waals surface area contributed by atoms with Gasteiger partial charge in [-0.1, -0.05) is 194 Å². The summed E-state index contributed by atoms with van der Waals surface area (Å²) in [5.74, 6) is 0. The van der Waals surface area contributed by atoms with E-state index in [1.165, 1.54) is 0 Å². The first-order chi connectivity index (χ1) is 46.6. The van der Waals surface area contributed by atoms with Crippen LogP contribution in [0.4, 0.5) is 68.2 Å². The summed E-state index contributed by atoms with van der Waals surface area (Å²) in [6.45, 7) is 0. The predicted octanol–water partition coefficient (Wildman–Crippen LogP) is 22.1. The van der Waals surface area contributed by atoms with Crippen LogP contribution in [0.3, 0.4) is 0 Å². The second-order valence-electron chi connectivity index (χ2n) is 22.7. The molecule has 16 rings (SSSR count). The predicted molar refractivity (Wildman–Crippen MR) is 386 cm³/mol. The van der Waals surface area contributed by atoms with E-state index < -0.39 is 0 Å². The van der Waals surface area contributed by atoms with Crippen LogP contribution < -0.4 is 19.6 Å². The number of para-hydroxylation sites is 8. The number of aromatic nitrogens is 6. The van der Waals surface area contributed by atoms with E-state index in [1.54, 1.807) is 12.4 Å². The van der Waals surface area contributed by atoms with Gasteiger partial charge in [-0.05, 0) is 146 Å². The van der Waals surface area contributed by atoms with E-state index in [0.29, 0.717) is 55.9 Å². The van der Waals surface area contributed by atoms with Crippen LogP contribution in [-0.4, -0.2) is 29.9 Å². The Morgan fingerprint density at radius 1 is 0.149 bits per heavy atom. The lowest BCUT2D eigenvalue weighted by molar-refractivity contribution is 1.23. The Bertz CT molecular complexity index is 4760. The third-order valence-electron chi connectivity index (χ3n) is 16.9. The Kier molecular flexibility index (Phi) is 15.1. The largest absolute Gasteiger partial charge is 0.311 e. The molecule has 3 aromatic heterocycles. The smallest absolute Gasteiger partial charge is 0.120 e. The quantitative estimate of drug-likeness (QED) is 0.0871. The zero-order valence-corrected chi connectivity index (χ0v) is 51.0. The molecular weight excluding hydrogens is 1150 g/mol. The molecule has 0 amide bonds. The van der Waals surface area contributed by atoms with Gasteiger partial charge in [0.15, 0.2) is 0 Å². The summed E-state index contributed by atoms with van der Waals surface area (Å²) in [5, 5.41) is 0. The summed E-state index contributed by atoms with van der Waals surface area (Å²) in [4.78, 5) is 42.3. The van der Waals surface area contributed by atoms with Crippen molar-refractivity contribution in [3.8, 4) is 45.0 Å². The number of hydrogen-bond donors (Lipinski definition) is 0. The molecule has 0 radical (unpaired) electrons. The van der Waals surface area contributed by atoms with E-state index in [4.69, 9.17) is 29.9 Å². The van der Waals surface area contributed by atoms with Crippen LogP contribution in [0.2, 0.25) is 0 Å². The second kappa shape index (κ2) is 25.2. The fourth-order valence-corrected chi connectivity index (χ4v) is 12.5. The summed E-state index contributed by atoms with van der Waals surface area (Å²) in [5.41, 5.74) is 21.8. The maximum absolute atomic E-state index is 5.80. The summed E-state index contributed by atoms with van der Waals surface area (Å²) < 4.78 is 0. The Morgan fingerprint density at radius 2 is 0.298 bits per heavy atom. The van der Waals surface area contributed by atoms with Gasteiger partial charge in [0.2, 0.25) is 0 Å². The minimum absolute atomic E-state index is 0.546. The van der Waals surface area contributed by atoms with Gasteiger partial charge >= 0.3 is 0 Å². The zero-order valence-electron chi connectivity index (χ0n) is 51.0. The summed E-state index contributed by atoms with van der Waals surface area (Å²) in [7, 11) is 0. The highest BCUT2D eigenvalue weighted by molar-refractivity contribution is 6.19. The number of fused-ring (bicyclic) bond motifs is 6. The monoisotopic (exact) mass is 1210 g/mol. The van der Waals surface area contributed by atoms with Crippen LogP contribution in [0.5, 0.6) is 0 Å². The maximum Gasteiger partial charge on any atom is 0.120 e. The molecule has 444 valence electrons. The highest BCUT2D eigenvalue weighted by Gasteiger charge is 2.26. The van der Waals surface area contributed by atoms with Crippen LogP contribution in [0, 0.1) is 0 Å². The van der Waals surface area contributed by atoms with Crippen molar-refractivity contribution < 1.29 is 0 Å². The first kappa shape index (κ1) is 56.3. The molecule has 0 spiro atoms. The van der Waals surface area contributed by atoms with E-state index in [2.05, 4.69) is 311 Å². The third kappa shape index (κ3) is 10.9. The second-order valence-corrected chi connectivity index (χ2v) is 22.7. The molecule has 0 N–H and O–H groups in total. The first-order valence-corrected chi connectivity index (χ1v) is 31.3. The van der Waals surface area contributed by atoms with Crippen molar-refractivity contribution in [2.24, 2.45) is 0 Å². The minimum Gasteiger partial charge on any atom is -0.311 e. The van der Waals surface area contributed by atoms with Crippen molar-refractivity contribution in [1.29, 1.82) is 0 Å². The first-order valence-electron chi connectivity index (χ1n) is 31.3. The molecule has 0 saturated heterocycles. The minimum atomic E-state index is 0.546. The molecule has 0 saturated carbocycles. The third-order valence-corrected chi connectivity index (χ3v) is 16.9. The van der Waals surface area contributed by atoms with Crippen LogP contribution in [-0.2, 0) is 0 Å². The molecule has 10 heteroatoms. The molecule has 3 heterocycles. The molecule has 0 unspecified atom stereocenters. The van der Waals surface area contributed by atoms with Gasteiger partial charge in [-0.2, -0.15) is 0 Å². The van der Waals surface area contributed by atoms with Gasteiger partial charge in [0.05, 0.1) is 22.8 Å². The van der Waals surface area contributed by atoms with Crippen molar-refractivity contribution in [3.63, 3.8) is 0 Å². The standard InChI is InChI=1S/C84H58N10/c1-9-25-63(26-10-1)91(64-27-11-2-12-28-64)71-49-41-59(42-50-71)75-77(61-45-53-73(54-46-61)93(67-33-17-5-18-34-67)68-35-19-6-20-36-68)89-83-81(87-75)79-80(86-58-57-85-79)82-84(83)90-78(62-47-55-74(56-48-62)94(69-37-21-7-22-38-69)70-39-23-8-24-40-70)76(88-82)60-43-51-72(52-44-60)92(65-29-13-3-14-30-65)66-31-15-4-16-32-66/h1-58H. The summed E-state index contributed by atoms with van der Waals surface area (Å²) in [6.07, 6.45) is 3.43. The number of anilines is 12. The average Bonchev–Trinajstić information content (AvgIpc) is 0.723. The lowest BCUT2D eigenvalue weighted by atomic mass is 10.0. The SMILES string of the molecule is c1ccc(N(c2ccccc2)c2ccc(-c3nc4c5nccnc5c5nc(-c6ccc(N(c7ccccc7)c7ccccc7)cc6)c(-c6ccc(N(c7ccccc7)c7ccccc7)cc6)nc5c4nc3-c3ccc(N(c4ccccc4)c4ccccc4)cc3)cc2)cc1. The molecule has 0 atom stereocenters. The normalized spacial score (nSPS) is 11.2. The summed E-state index contributed by atoms with van der Waals surface area (Å²) in [6, 6.07) is 118. The van der Waals surface area contributed by atoms with Crippen molar-refractivity contribution in [3.05, 3.63) is 352 Å².